The summed E-state index contributed by atoms with van der Waals surface area (Å²) in [6.45, 7) is 4.81. The molecule has 15 heavy (non-hydrogen) atoms. The predicted molar refractivity (Wildman–Crippen MR) is 63.6 cm³/mol. The molecule has 2 nitrogen and oxygen atoms in total. The molecular weight excluding hydrogens is 186 g/mol. The minimum atomic E-state index is 0.113. The molecule has 0 aromatic rings. The van der Waals surface area contributed by atoms with Gasteiger partial charge in [0.1, 0.15) is 5.78 Å². The van der Waals surface area contributed by atoms with Crippen molar-refractivity contribution in [1.29, 1.82) is 0 Å². The number of ketones is 1. The standard InChI is InChI=1S/C13H25NO/c1-3-10-7-5-6-8-12(10)13(15)11(4-2)9-14/h10-12H,3-9,14H2,1-2H3. The topological polar surface area (TPSA) is 43.1 Å². The van der Waals surface area contributed by atoms with Crippen LogP contribution in [-0.2, 0) is 4.79 Å². The van der Waals surface area contributed by atoms with Gasteiger partial charge in [-0.3, -0.25) is 4.79 Å². The summed E-state index contributed by atoms with van der Waals surface area (Å²) >= 11 is 0. The van der Waals surface area contributed by atoms with Crippen LogP contribution in [0.2, 0.25) is 0 Å². The second-order valence-corrected chi connectivity index (χ2v) is 4.80. The Labute approximate surface area is 93.6 Å². The molecule has 88 valence electrons. The van der Waals surface area contributed by atoms with Gasteiger partial charge in [-0.1, -0.05) is 33.1 Å². The van der Waals surface area contributed by atoms with Crippen molar-refractivity contribution in [3.63, 3.8) is 0 Å². The highest BCUT2D eigenvalue weighted by atomic mass is 16.1. The first kappa shape index (κ1) is 12.7. The van der Waals surface area contributed by atoms with Crippen LogP contribution < -0.4 is 5.73 Å². The van der Waals surface area contributed by atoms with Crippen molar-refractivity contribution in [1.82, 2.24) is 0 Å². The van der Waals surface area contributed by atoms with Crippen LogP contribution in [0.15, 0.2) is 0 Å². The smallest absolute Gasteiger partial charge is 0.140 e. The number of nitrogens with two attached hydrogens (primary N) is 1. The van der Waals surface area contributed by atoms with E-state index in [1.807, 2.05) is 0 Å². The fraction of sp³-hybridized carbons (Fsp3) is 0.923. The number of hydrogen-bond donors (Lipinski definition) is 1. The monoisotopic (exact) mass is 211 g/mol. The summed E-state index contributed by atoms with van der Waals surface area (Å²) in [4.78, 5) is 12.2. The van der Waals surface area contributed by atoms with Gasteiger partial charge in [0.15, 0.2) is 0 Å². The van der Waals surface area contributed by atoms with Crippen LogP contribution in [0, 0.1) is 17.8 Å². The number of carbonyl (C=O) groups is 1. The summed E-state index contributed by atoms with van der Waals surface area (Å²) in [5.41, 5.74) is 5.66. The lowest BCUT2D eigenvalue weighted by atomic mass is 9.72. The van der Waals surface area contributed by atoms with E-state index in [0.29, 0.717) is 24.2 Å². The third-order valence-electron chi connectivity index (χ3n) is 3.98. The minimum Gasteiger partial charge on any atom is -0.330 e. The maximum absolute atomic E-state index is 12.2. The average Bonchev–Trinajstić information content (AvgIpc) is 2.30. The van der Waals surface area contributed by atoms with E-state index in [-0.39, 0.29) is 5.92 Å². The fourth-order valence-electron chi connectivity index (χ4n) is 2.86. The van der Waals surface area contributed by atoms with Crippen molar-refractivity contribution in [2.24, 2.45) is 23.5 Å². The Morgan fingerprint density at radius 2 is 2.00 bits per heavy atom. The number of hydrogen-bond acceptors (Lipinski definition) is 2. The molecule has 3 atom stereocenters. The molecule has 1 rings (SSSR count). The third kappa shape index (κ3) is 3.04. The highest BCUT2D eigenvalue weighted by molar-refractivity contribution is 5.84. The quantitative estimate of drug-likeness (QED) is 0.760. The Balaban J connectivity index is 2.62. The third-order valence-corrected chi connectivity index (χ3v) is 3.98. The van der Waals surface area contributed by atoms with Gasteiger partial charge in [0, 0.05) is 18.4 Å². The predicted octanol–water partition coefficient (Wildman–Crippen LogP) is 2.76. The lowest BCUT2D eigenvalue weighted by Crippen LogP contribution is -2.34. The first-order valence-corrected chi connectivity index (χ1v) is 6.48. The van der Waals surface area contributed by atoms with E-state index in [2.05, 4.69) is 13.8 Å². The van der Waals surface area contributed by atoms with E-state index < -0.39 is 0 Å². The lowest BCUT2D eigenvalue weighted by Gasteiger charge is -2.31. The van der Waals surface area contributed by atoms with Crippen molar-refractivity contribution >= 4 is 5.78 Å². The molecule has 2 N–H and O–H groups in total. The maximum Gasteiger partial charge on any atom is 0.140 e. The maximum atomic E-state index is 12.2. The molecule has 1 saturated carbocycles. The van der Waals surface area contributed by atoms with Crippen LogP contribution in [0.5, 0.6) is 0 Å². The summed E-state index contributed by atoms with van der Waals surface area (Å²) in [5, 5.41) is 0. The molecule has 0 aromatic carbocycles. The Morgan fingerprint density at radius 3 is 2.53 bits per heavy atom. The Kier molecular flexibility index (Phi) is 5.30. The van der Waals surface area contributed by atoms with Gasteiger partial charge in [-0.05, 0) is 25.2 Å². The Bertz CT molecular complexity index is 199. The number of rotatable bonds is 5. The number of carbonyl (C=O) groups excluding carboxylic acids is 1. The molecular formula is C13H25NO. The molecule has 0 spiro atoms. The first-order chi connectivity index (χ1) is 7.24. The summed E-state index contributed by atoms with van der Waals surface area (Å²) in [6, 6.07) is 0. The molecule has 3 unspecified atom stereocenters. The number of Topliss-reactive ketones (excluding diaryl/α,β-unsaturated/α-hetero) is 1. The van der Waals surface area contributed by atoms with Crippen molar-refractivity contribution in [2.75, 3.05) is 6.54 Å². The summed E-state index contributed by atoms with van der Waals surface area (Å²) < 4.78 is 0. The zero-order chi connectivity index (χ0) is 11.3. The highest BCUT2D eigenvalue weighted by Crippen LogP contribution is 2.34. The van der Waals surface area contributed by atoms with Gasteiger partial charge in [-0.25, -0.2) is 0 Å². The van der Waals surface area contributed by atoms with Crippen LogP contribution in [0.1, 0.15) is 52.4 Å². The molecule has 1 aliphatic carbocycles. The van der Waals surface area contributed by atoms with Crippen LogP contribution in [0.25, 0.3) is 0 Å². The van der Waals surface area contributed by atoms with Crippen molar-refractivity contribution in [2.45, 2.75) is 52.4 Å². The van der Waals surface area contributed by atoms with E-state index >= 15 is 0 Å². The summed E-state index contributed by atoms with van der Waals surface area (Å²) in [5.74, 6) is 1.51. The first-order valence-electron chi connectivity index (χ1n) is 6.48. The van der Waals surface area contributed by atoms with Gasteiger partial charge < -0.3 is 5.73 Å². The molecule has 0 saturated heterocycles. The van der Waals surface area contributed by atoms with Gasteiger partial charge in [-0.15, -0.1) is 0 Å². The molecule has 2 heteroatoms. The van der Waals surface area contributed by atoms with Crippen molar-refractivity contribution in [3.05, 3.63) is 0 Å². The zero-order valence-corrected chi connectivity index (χ0v) is 10.2. The Hall–Kier alpha value is -0.370. The second-order valence-electron chi connectivity index (χ2n) is 4.80. The largest absolute Gasteiger partial charge is 0.330 e. The summed E-state index contributed by atoms with van der Waals surface area (Å²) in [7, 11) is 0. The molecule has 1 fully saturated rings. The molecule has 0 heterocycles. The van der Waals surface area contributed by atoms with E-state index in [0.717, 1.165) is 19.3 Å². The summed E-state index contributed by atoms with van der Waals surface area (Å²) in [6.07, 6.45) is 6.94. The van der Waals surface area contributed by atoms with Gasteiger partial charge >= 0.3 is 0 Å². The molecule has 0 amide bonds. The molecule has 0 aromatic heterocycles. The van der Waals surface area contributed by atoms with Gasteiger partial charge in [-0.2, -0.15) is 0 Å². The molecule has 0 radical (unpaired) electrons. The normalized spacial score (nSPS) is 28.7. The van der Waals surface area contributed by atoms with Gasteiger partial charge in [0.2, 0.25) is 0 Å². The van der Waals surface area contributed by atoms with Crippen molar-refractivity contribution < 1.29 is 4.79 Å². The zero-order valence-electron chi connectivity index (χ0n) is 10.2. The van der Waals surface area contributed by atoms with E-state index in [4.69, 9.17) is 5.73 Å². The molecule has 0 bridgehead atoms. The van der Waals surface area contributed by atoms with Crippen LogP contribution in [0.3, 0.4) is 0 Å². The highest BCUT2D eigenvalue weighted by Gasteiger charge is 2.32. The van der Waals surface area contributed by atoms with E-state index in [9.17, 15) is 4.79 Å². The second kappa shape index (κ2) is 6.26. The average molecular weight is 211 g/mol. The van der Waals surface area contributed by atoms with Crippen LogP contribution in [-0.4, -0.2) is 12.3 Å². The minimum absolute atomic E-state index is 0.113. The van der Waals surface area contributed by atoms with E-state index in [1.54, 1.807) is 0 Å². The lowest BCUT2D eigenvalue weighted by molar-refractivity contribution is -0.129. The Morgan fingerprint density at radius 1 is 1.33 bits per heavy atom. The molecule has 0 aliphatic heterocycles. The molecule has 1 aliphatic rings. The van der Waals surface area contributed by atoms with Gasteiger partial charge in [0.05, 0.1) is 0 Å². The van der Waals surface area contributed by atoms with Crippen LogP contribution in [0.4, 0.5) is 0 Å². The SMILES string of the molecule is CCC(CN)C(=O)C1CCCCC1CC. The van der Waals surface area contributed by atoms with Crippen LogP contribution >= 0.6 is 0 Å². The fourth-order valence-corrected chi connectivity index (χ4v) is 2.86. The van der Waals surface area contributed by atoms with E-state index in [1.165, 1.54) is 19.3 Å². The van der Waals surface area contributed by atoms with Gasteiger partial charge in [0.25, 0.3) is 0 Å². The van der Waals surface area contributed by atoms with Crippen molar-refractivity contribution in [3.8, 4) is 0 Å².